The predicted octanol–water partition coefficient (Wildman–Crippen LogP) is 3.23. The topological polar surface area (TPSA) is 82.2 Å². The van der Waals surface area contributed by atoms with E-state index in [1.807, 2.05) is 18.4 Å². The van der Waals surface area contributed by atoms with Crippen molar-refractivity contribution in [1.29, 1.82) is 0 Å². The highest BCUT2D eigenvalue weighted by atomic mass is 32.2. The number of aryl methyl sites for hydroxylation is 1. The summed E-state index contributed by atoms with van der Waals surface area (Å²) in [5.41, 5.74) is 4.14. The summed E-state index contributed by atoms with van der Waals surface area (Å²) in [7, 11) is 0. The van der Waals surface area contributed by atoms with Crippen molar-refractivity contribution >= 4 is 34.5 Å². The number of hydrogen-bond donors (Lipinski definition) is 3. The molecule has 3 rings (SSSR count). The van der Waals surface area contributed by atoms with Crippen LogP contribution in [0.25, 0.3) is 10.9 Å². The normalized spacial score (nSPS) is 17.9. The van der Waals surface area contributed by atoms with Crippen molar-refractivity contribution in [3.05, 3.63) is 35.0 Å². The van der Waals surface area contributed by atoms with Gasteiger partial charge >= 0.3 is 5.97 Å². The van der Waals surface area contributed by atoms with E-state index in [1.165, 1.54) is 17.7 Å². The first kappa shape index (κ1) is 17.9. The first-order chi connectivity index (χ1) is 12.0. The summed E-state index contributed by atoms with van der Waals surface area (Å²) in [5, 5.41) is 13.0. The maximum atomic E-state index is 12.5. The zero-order valence-corrected chi connectivity index (χ0v) is 15.4. The summed E-state index contributed by atoms with van der Waals surface area (Å²) in [5.74, 6) is 0.0249. The molecule has 0 saturated heterocycles. The van der Waals surface area contributed by atoms with Crippen molar-refractivity contribution in [2.24, 2.45) is 5.92 Å². The molecule has 0 radical (unpaired) electrons. The number of thioether (sulfide) groups is 1. The van der Waals surface area contributed by atoms with Gasteiger partial charge in [0.25, 0.3) is 5.91 Å². The maximum Gasteiger partial charge on any atom is 0.326 e. The molecule has 0 bridgehead atoms. The summed E-state index contributed by atoms with van der Waals surface area (Å²) in [6, 6.07) is 4.73. The minimum absolute atomic E-state index is 0.325. The van der Waals surface area contributed by atoms with Gasteiger partial charge in [-0.05, 0) is 67.4 Å². The van der Waals surface area contributed by atoms with Crippen LogP contribution in [-0.4, -0.2) is 40.0 Å². The molecule has 1 amide bonds. The molecule has 1 aliphatic rings. The number of H-pyrrole nitrogens is 1. The van der Waals surface area contributed by atoms with E-state index in [0.29, 0.717) is 23.7 Å². The summed E-state index contributed by atoms with van der Waals surface area (Å²) in [4.78, 5) is 27.3. The average Bonchev–Trinajstić information content (AvgIpc) is 2.95. The average molecular weight is 360 g/mol. The van der Waals surface area contributed by atoms with Gasteiger partial charge in [0.05, 0.1) is 0 Å². The Labute approximate surface area is 151 Å². The molecule has 0 spiro atoms. The van der Waals surface area contributed by atoms with Crippen LogP contribution in [-0.2, 0) is 17.6 Å². The molecular weight excluding hydrogens is 336 g/mol. The Bertz CT molecular complexity index is 799. The van der Waals surface area contributed by atoms with Gasteiger partial charge in [0.15, 0.2) is 0 Å². The van der Waals surface area contributed by atoms with Crippen molar-refractivity contribution < 1.29 is 14.7 Å². The van der Waals surface area contributed by atoms with Crippen molar-refractivity contribution in [2.45, 2.75) is 38.6 Å². The monoisotopic (exact) mass is 360 g/mol. The molecule has 1 heterocycles. The van der Waals surface area contributed by atoms with Gasteiger partial charge in [-0.3, -0.25) is 4.79 Å². The Balaban J connectivity index is 1.84. The van der Waals surface area contributed by atoms with Gasteiger partial charge in [0.2, 0.25) is 0 Å². The molecule has 5 nitrogen and oxygen atoms in total. The summed E-state index contributed by atoms with van der Waals surface area (Å²) in [6.07, 6.45) is 5.59. The highest BCUT2D eigenvalue weighted by Crippen LogP contribution is 2.32. The van der Waals surface area contributed by atoms with Crippen molar-refractivity contribution in [2.75, 3.05) is 12.0 Å². The lowest BCUT2D eigenvalue weighted by Gasteiger charge is -2.18. The Morgan fingerprint density at radius 3 is 2.96 bits per heavy atom. The Kier molecular flexibility index (Phi) is 5.37. The summed E-state index contributed by atoms with van der Waals surface area (Å²) >= 11 is 1.57. The second-order valence-electron chi connectivity index (χ2n) is 6.84. The van der Waals surface area contributed by atoms with Gasteiger partial charge in [0.1, 0.15) is 6.04 Å². The Hall–Kier alpha value is -1.95. The molecule has 2 atom stereocenters. The fourth-order valence-electron chi connectivity index (χ4n) is 3.47. The number of fused-ring (bicyclic) bond motifs is 3. The summed E-state index contributed by atoms with van der Waals surface area (Å²) < 4.78 is 0. The standard InChI is InChI=1S/C19H24N2O3S/c1-11-3-5-15-13(9-11)14-10-12(4-6-16(14)20-15)18(22)21-17(19(23)24)7-8-25-2/h4,6,10-11,17,20H,3,5,7-9H2,1-2H3,(H,21,22)(H,23,24)/t11-,17+/m0/s1. The molecule has 2 aromatic rings. The second kappa shape index (κ2) is 7.52. The molecule has 0 aliphatic heterocycles. The van der Waals surface area contributed by atoms with E-state index in [0.717, 1.165) is 23.7 Å². The molecular formula is C19H24N2O3S. The molecule has 1 aromatic carbocycles. The minimum Gasteiger partial charge on any atom is -0.480 e. The van der Waals surface area contributed by atoms with Crippen LogP contribution in [0.4, 0.5) is 0 Å². The molecule has 1 aromatic heterocycles. The molecule has 134 valence electrons. The van der Waals surface area contributed by atoms with Gasteiger partial charge in [0, 0.05) is 22.2 Å². The Morgan fingerprint density at radius 1 is 1.44 bits per heavy atom. The van der Waals surface area contributed by atoms with Crippen LogP contribution in [0.5, 0.6) is 0 Å². The quantitative estimate of drug-likeness (QED) is 0.739. The molecule has 3 N–H and O–H groups in total. The molecule has 1 aliphatic carbocycles. The Morgan fingerprint density at radius 2 is 2.24 bits per heavy atom. The van der Waals surface area contributed by atoms with Crippen LogP contribution in [0.15, 0.2) is 18.2 Å². The maximum absolute atomic E-state index is 12.5. The van der Waals surface area contributed by atoms with Crippen molar-refractivity contribution in [1.82, 2.24) is 10.3 Å². The van der Waals surface area contributed by atoms with E-state index < -0.39 is 12.0 Å². The van der Waals surface area contributed by atoms with Crippen molar-refractivity contribution in [3.8, 4) is 0 Å². The van der Waals surface area contributed by atoms with Gasteiger partial charge in [-0.1, -0.05) is 6.92 Å². The van der Waals surface area contributed by atoms with Crippen LogP contribution < -0.4 is 5.32 Å². The van der Waals surface area contributed by atoms with E-state index in [4.69, 9.17) is 0 Å². The number of rotatable bonds is 6. The van der Waals surface area contributed by atoms with E-state index in [9.17, 15) is 14.7 Å². The van der Waals surface area contributed by atoms with Gasteiger partial charge < -0.3 is 15.4 Å². The molecule has 0 fully saturated rings. The number of aromatic amines is 1. The third kappa shape index (κ3) is 3.84. The van der Waals surface area contributed by atoms with Crippen molar-refractivity contribution in [3.63, 3.8) is 0 Å². The number of nitrogens with one attached hydrogen (secondary N) is 2. The van der Waals surface area contributed by atoms with E-state index in [2.05, 4.69) is 17.2 Å². The number of carbonyl (C=O) groups excluding carboxylic acids is 1. The fraction of sp³-hybridized carbons (Fsp3) is 0.474. The number of amides is 1. The van der Waals surface area contributed by atoms with Crippen LogP contribution in [0, 0.1) is 5.92 Å². The first-order valence-corrected chi connectivity index (χ1v) is 10.0. The van der Waals surface area contributed by atoms with Gasteiger partial charge in [-0.2, -0.15) is 11.8 Å². The highest BCUT2D eigenvalue weighted by molar-refractivity contribution is 7.98. The lowest BCUT2D eigenvalue weighted by Crippen LogP contribution is -2.41. The molecule has 25 heavy (non-hydrogen) atoms. The predicted molar refractivity (Wildman–Crippen MR) is 101 cm³/mol. The van der Waals surface area contributed by atoms with E-state index in [1.54, 1.807) is 17.8 Å². The highest BCUT2D eigenvalue weighted by Gasteiger charge is 2.23. The number of aromatic nitrogens is 1. The first-order valence-electron chi connectivity index (χ1n) is 8.65. The minimum atomic E-state index is -0.990. The van der Waals surface area contributed by atoms with Crippen LogP contribution in [0.3, 0.4) is 0 Å². The van der Waals surface area contributed by atoms with E-state index >= 15 is 0 Å². The number of benzene rings is 1. The number of carboxylic acids is 1. The molecule has 0 unspecified atom stereocenters. The van der Waals surface area contributed by atoms with Crippen LogP contribution >= 0.6 is 11.8 Å². The summed E-state index contributed by atoms with van der Waals surface area (Å²) in [6.45, 7) is 2.25. The molecule has 0 saturated carbocycles. The molecule has 6 heteroatoms. The van der Waals surface area contributed by atoms with Crippen LogP contribution in [0.1, 0.15) is 41.4 Å². The van der Waals surface area contributed by atoms with Crippen LogP contribution in [0.2, 0.25) is 0 Å². The number of carbonyl (C=O) groups is 2. The van der Waals surface area contributed by atoms with E-state index in [-0.39, 0.29) is 5.91 Å². The van der Waals surface area contributed by atoms with Gasteiger partial charge in [-0.25, -0.2) is 4.79 Å². The van der Waals surface area contributed by atoms with Gasteiger partial charge in [-0.15, -0.1) is 0 Å². The number of carboxylic acid groups (broad SMARTS) is 1. The zero-order valence-electron chi connectivity index (χ0n) is 14.6. The third-order valence-corrected chi connectivity index (χ3v) is 5.55. The number of hydrogen-bond acceptors (Lipinski definition) is 3. The number of aliphatic carboxylic acids is 1. The smallest absolute Gasteiger partial charge is 0.326 e. The second-order valence-corrected chi connectivity index (χ2v) is 7.82. The SMILES string of the molecule is CSCC[C@@H](NC(=O)c1ccc2[nH]c3c(c2c1)C[C@@H](C)CC3)C(=O)O. The largest absolute Gasteiger partial charge is 0.480 e. The third-order valence-electron chi connectivity index (χ3n) is 4.91. The zero-order chi connectivity index (χ0) is 18.0. The fourth-order valence-corrected chi connectivity index (χ4v) is 3.94. The lowest BCUT2D eigenvalue weighted by molar-refractivity contribution is -0.139. The lowest BCUT2D eigenvalue weighted by atomic mass is 9.87.